The fraction of sp³-hybridized carbons (Fsp3) is 0.409. The second-order valence-electron chi connectivity index (χ2n) is 7.46. The van der Waals surface area contributed by atoms with Crippen molar-refractivity contribution in [2.45, 2.75) is 44.2 Å². The summed E-state index contributed by atoms with van der Waals surface area (Å²) in [6.07, 6.45) is -8.43. The van der Waals surface area contributed by atoms with Crippen molar-refractivity contribution in [1.29, 1.82) is 0 Å². The number of halogens is 5. The maximum atomic E-state index is 13.6. The second-order valence-corrected chi connectivity index (χ2v) is 7.46. The summed E-state index contributed by atoms with van der Waals surface area (Å²) in [5.74, 6) is -0.867. The second kappa shape index (κ2) is 9.32. The Labute approximate surface area is 181 Å². The number of benzene rings is 2. The third-order valence-electron chi connectivity index (χ3n) is 5.20. The van der Waals surface area contributed by atoms with Crippen molar-refractivity contribution >= 4 is 11.7 Å². The van der Waals surface area contributed by atoms with Crippen LogP contribution in [0.2, 0.25) is 0 Å². The van der Waals surface area contributed by atoms with Crippen molar-refractivity contribution in [1.82, 2.24) is 0 Å². The van der Waals surface area contributed by atoms with Crippen molar-refractivity contribution in [3.8, 4) is 5.75 Å². The number of hydrogen-bond acceptors (Lipinski definition) is 4. The normalized spacial score (nSPS) is 19.2. The highest BCUT2D eigenvalue weighted by molar-refractivity contribution is 5.88. The number of aromatic carboxylic acids is 1. The van der Waals surface area contributed by atoms with Crippen LogP contribution in [0.3, 0.4) is 0 Å². The molecule has 0 amide bonds. The van der Waals surface area contributed by atoms with Crippen LogP contribution < -0.4 is 9.64 Å². The quantitative estimate of drug-likeness (QED) is 0.532. The summed E-state index contributed by atoms with van der Waals surface area (Å²) < 4.78 is 76.1. The molecule has 2 aromatic carbocycles. The zero-order valence-electron chi connectivity index (χ0n) is 17.1. The summed E-state index contributed by atoms with van der Waals surface area (Å²) in [6.45, 7) is 1.27. The highest BCUT2D eigenvalue weighted by atomic mass is 19.4. The van der Waals surface area contributed by atoms with Crippen LogP contribution in [0, 0.1) is 0 Å². The predicted octanol–water partition coefficient (Wildman–Crippen LogP) is 5.45. The summed E-state index contributed by atoms with van der Waals surface area (Å²) in [4.78, 5) is 12.8. The number of rotatable bonds is 8. The molecule has 0 spiro atoms. The molecule has 1 aliphatic rings. The van der Waals surface area contributed by atoms with Crippen molar-refractivity contribution < 1.29 is 41.3 Å². The average Bonchev–Trinajstić information content (AvgIpc) is 3.15. The van der Waals surface area contributed by atoms with Gasteiger partial charge in [0.1, 0.15) is 11.9 Å². The van der Waals surface area contributed by atoms with E-state index in [1.165, 1.54) is 31.2 Å². The van der Waals surface area contributed by atoms with Crippen LogP contribution in [-0.2, 0) is 10.9 Å². The number of alkyl halides is 5. The lowest BCUT2D eigenvalue weighted by Crippen LogP contribution is -2.36. The van der Waals surface area contributed by atoms with Crippen molar-refractivity contribution in [3.05, 3.63) is 59.7 Å². The Kier molecular flexibility index (Phi) is 6.92. The zero-order valence-corrected chi connectivity index (χ0v) is 17.1. The monoisotopic (exact) mass is 459 g/mol. The first-order valence-electron chi connectivity index (χ1n) is 9.94. The molecule has 32 heavy (non-hydrogen) atoms. The lowest BCUT2D eigenvalue weighted by atomic mass is 10.1. The third kappa shape index (κ3) is 5.87. The summed E-state index contributed by atoms with van der Waals surface area (Å²) in [5, 5.41) is 9.06. The summed E-state index contributed by atoms with van der Waals surface area (Å²) in [5.41, 5.74) is -0.123. The first-order chi connectivity index (χ1) is 15.0. The Morgan fingerprint density at radius 1 is 1.06 bits per heavy atom. The molecule has 0 aromatic heterocycles. The molecule has 1 fully saturated rings. The Balaban J connectivity index is 1.75. The van der Waals surface area contributed by atoms with Gasteiger partial charge >= 0.3 is 18.3 Å². The molecule has 0 radical (unpaired) electrons. The molecule has 10 heteroatoms. The Morgan fingerprint density at radius 2 is 1.69 bits per heavy atom. The molecule has 1 aliphatic heterocycles. The van der Waals surface area contributed by atoms with Crippen LogP contribution in [0.25, 0.3) is 0 Å². The zero-order chi connectivity index (χ0) is 23.5. The number of anilines is 1. The maximum Gasteiger partial charge on any atom is 0.416 e. The van der Waals surface area contributed by atoms with E-state index in [2.05, 4.69) is 0 Å². The van der Waals surface area contributed by atoms with Gasteiger partial charge in [0.25, 0.3) is 0 Å². The molecule has 0 aliphatic carbocycles. The lowest BCUT2D eigenvalue weighted by Gasteiger charge is -2.27. The van der Waals surface area contributed by atoms with Gasteiger partial charge < -0.3 is 19.5 Å². The van der Waals surface area contributed by atoms with Gasteiger partial charge in [-0.2, -0.15) is 22.0 Å². The van der Waals surface area contributed by atoms with Crippen LogP contribution in [0.15, 0.2) is 48.5 Å². The van der Waals surface area contributed by atoms with E-state index in [1.54, 1.807) is 17.0 Å². The fourth-order valence-corrected chi connectivity index (χ4v) is 3.46. The Hall–Kier alpha value is -2.88. The van der Waals surface area contributed by atoms with E-state index in [0.29, 0.717) is 12.1 Å². The SMILES string of the molecule is CCC(F)(F)OC[C@@H]1C[C@H](Oc2ccc(C(F)(F)F)cc2)CN1c1ccc(C(=O)O)cc1. The van der Waals surface area contributed by atoms with Gasteiger partial charge in [-0.3, -0.25) is 0 Å². The Bertz CT molecular complexity index is 915. The maximum absolute atomic E-state index is 13.6. The van der Waals surface area contributed by atoms with E-state index < -0.39 is 42.4 Å². The molecule has 1 N–H and O–H groups in total. The average molecular weight is 459 g/mol. The van der Waals surface area contributed by atoms with Crippen LogP contribution in [0.5, 0.6) is 5.75 Å². The number of nitrogens with zero attached hydrogens (tertiary/aromatic N) is 1. The lowest BCUT2D eigenvalue weighted by molar-refractivity contribution is -0.241. The predicted molar refractivity (Wildman–Crippen MR) is 106 cm³/mol. The molecule has 3 rings (SSSR count). The molecule has 0 saturated carbocycles. The van der Waals surface area contributed by atoms with Crippen LogP contribution >= 0.6 is 0 Å². The van der Waals surface area contributed by atoms with E-state index >= 15 is 0 Å². The minimum Gasteiger partial charge on any atom is -0.489 e. The highest BCUT2D eigenvalue weighted by Gasteiger charge is 2.37. The molecule has 0 bridgehead atoms. The van der Waals surface area contributed by atoms with E-state index in [9.17, 15) is 26.7 Å². The fourth-order valence-electron chi connectivity index (χ4n) is 3.46. The van der Waals surface area contributed by atoms with E-state index in [-0.39, 0.29) is 24.5 Å². The number of ether oxygens (including phenoxy) is 2. The van der Waals surface area contributed by atoms with Gasteiger partial charge in [-0.15, -0.1) is 0 Å². The number of carbonyl (C=O) groups is 1. The summed E-state index contributed by atoms with van der Waals surface area (Å²) in [7, 11) is 0. The number of carboxylic acid groups (broad SMARTS) is 1. The van der Waals surface area contributed by atoms with E-state index in [4.69, 9.17) is 14.6 Å². The van der Waals surface area contributed by atoms with Gasteiger partial charge in [0.15, 0.2) is 0 Å². The molecular formula is C22H22F5NO4. The molecule has 5 nitrogen and oxygen atoms in total. The highest BCUT2D eigenvalue weighted by Crippen LogP contribution is 2.33. The van der Waals surface area contributed by atoms with Gasteiger partial charge in [0.05, 0.1) is 30.3 Å². The van der Waals surface area contributed by atoms with Crippen LogP contribution in [0.1, 0.15) is 35.7 Å². The third-order valence-corrected chi connectivity index (χ3v) is 5.20. The van der Waals surface area contributed by atoms with Gasteiger partial charge in [-0.25, -0.2) is 4.79 Å². The topological polar surface area (TPSA) is 59.0 Å². The van der Waals surface area contributed by atoms with E-state index in [1.807, 2.05) is 0 Å². The van der Waals surface area contributed by atoms with Gasteiger partial charge in [0.2, 0.25) is 0 Å². The van der Waals surface area contributed by atoms with Crippen molar-refractivity contribution in [2.75, 3.05) is 18.1 Å². The van der Waals surface area contributed by atoms with Crippen molar-refractivity contribution in [3.63, 3.8) is 0 Å². The van der Waals surface area contributed by atoms with Gasteiger partial charge in [-0.05, 0) is 48.5 Å². The standard InChI is InChI=1S/C22H22F5NO4/c1-2-21(23,24)31-13-17-11-19(32-18-9-5-15(6-10-18)22(25,26)27)12-28(17)16-7-3-14(4-8-16)20(29)30/h3-10,17,19H,2,11-13H2,1H3,(H,29,30)/t17-,19-/m0/s1. The molecule has 174 valence electrons. The van der Waals surface area contributed by atoms with Gasteiger partial charge in [0, 0.05) is 18.5 Å². The molecule has 2 atom stereocenters. The molecular weight excluding hydrogens is 437 g/mol. The smallest absolute Gasteiger partial charge is 0.416 e. The summed E-state index contributed by atoms with van der Waals surface area (Å²) >= 11 is 0. The van der Waals surface area contributed by atoms with Gasteiger partial charge in [-0.1, -0.05) is 6.92 Å². The molecule has 1 heterocycles. The number of carboxylic acids is 1. The molecule has 0 unspecified atom stereocenters. The van der Waals surface area contributed by atoms with Crippen LogP contribution in [0.4, 0.5) is 27.6 Å². The Morgan fingerprint density at radius 3 is 2.22 bits per heavy atom. The first kappa shape index (κ1) is 23.8. The van der Waals surface area contributed by atoms with Crippen LogP contribution in [-0.4, -0.2) is 42.5 Å². The number of hydrogen-bond donors (Lipinski definition) is 1. The summed E-state index contributed by atoms with van der Waals surface area (Å²) in [6, 6.07) is 9.69. The van der Waals surface area contributed by atoms with Crippen molar-refractivity contribution in [2.24, 2.45) is 0 Å². The minimum atomic E-state index is -4.46. The molecule has 1 saturated heterocycles. The van der Waals surface area contributed by atoms with E-state index in [0.717, 1.165) is 12.1 Å². The largest absolute Gasteiger partial charge is 0.489 e. The molecule has 2 aromatic rings. The minimum absolute atomic E-state index is 0.0795. The first-order valence-corrected chi connectivity index (χ1v) is 9.94.